The summed E-state index contributed by atoms with van der Waals surface area (Å²) in [5.74, 6) is 0. The van der Waals surface area contributed by atoms with Gasteiger partial charge in [0.05, 0.1) is 5.60 Å². The van der Waals surface area contributed by atoms with Crippen molar-refractivity contribution in [2.75, 3.05) is 20.3 Å². The molecule has 0 saturated heterocycles. The lowest BCUT2D eigenvalue weighted by atomic mass is 10.0. The standard InChI is InChI=1S/C19H32O2/c1-17-10-12-18(13-11-17)9-7-5-6-8-15-21-16-14-19(2,3)20-4/h10-13H,5-9,14-16H2,1-4H3. The van der Waals surface area contributed by atoms with Gasteiger partial charge < -0.3 is 9.47 Å². The van der Waals surface area contributed by atoms with Gasteiger partial charge in [-0.15, -0.1) is 0 Å². The molecule has 0 heterocycles. The molecule has 0 aromatic heterocycles. The first-order valence-corrected chi connectivity index (χ1v) is 8.22. The van der Waals surface area contributed by atoms with Crippen molar-refractivity contribution in [1.29, 1.82) is 0 Å². The van der Waals surface area contributed by atoms with E-state index in [0.717, 1.165) is 19.6 Å². The number of hydrogen-bond donors (Lipinski definition) is 0. The van der Waals surface area contributed by atoms with E-state index in [1.807, 2.05) is 0 Å². The van der Waals surface area contributed by atoms with E-state index in [9.17, 15) is 0 Å². The molecule has 1 aromatic carbocycles. The molecule has 1 rings (SSSR count). The summed E-state index contributed by atoms with van der Waals surface area (Å²) in [5, 5.41) is 0. The molecule has 0 aliphatic rings. The zero-order chi connectivity index (χ0) is 15.6. The van der Waals surface area contributed by atoms with Crippen molar-refractivity contribution in [3.8, 4) is 0 Å². The predicted octanol–water partition coefficient (Wildman–Crippen LogP) is 4.93. The first kappa shape index (κ1) is 18.2. The molecule has 1 aromatic rings. The van der Waals surface area contributed by atoms with Crippen LogP contribution < -0.4 is 0 Å². The summed E-state index contributed by atoms with van der Waals surface area (Å²) in [6.07, 6.45) is 7.15. The van der Waals surface area contributed by atoms with Gasteiger partial charge in [0.1, 0.15) is 0 Å². The van der Waals surface area contributed by atoms with E-state index < -0.39 is 0 Å². The van der Waals surface area contributed by atoms with Crippen LogP contribution in [0.15, 0.2) is 24.3 Å². The first-order chi connectivity index (χ1) is 10.0. The Balaban J connectivity index is 1.92. The highest BCUT2D eigenvalue weighted by molar-refractivity contribution is 5.21. The van der Waals surface area contributed by atoms with Crippen LogP contribution in [-0.2, 0) is 15.9 Å². The lowest BCUT2D eigenvalue weighted by Gasteiger charge is -2.22. The summed E-state index contributed by atoms with van der Waals surface area (Å²) < 4.78 is 11.0. The zero-order valence-electron chi connectivity index (χ0n) is 14.3. The van der Waals surface area contributed by atoms with Gasteiger partial charge in [0.15, 0.2) is 0 Å². The summed E-state index contributed by atoms with van der Waals surface area (Å²) >= 11 is 0. The fourth-order valence-electron chi connectivity index (χ4n) is 2.16. The van der Waals surface area contributed by atoms with Crippen LogP contribution >= 0.6 is 0 Å². The van der Waals surface area contributed by atoms with E-state index in [4.69, 9.17) is 9.47 Å². The maximum Gasteiger partial charge on any atom is 0.0644 e. The smallest absolute Gasteiger partial charge is 0.0644 e. The average molecular weight is 292 g/mol. The number of aryl methyl sites for hydroxylation is 2. The van der Waals surface area contributed by atoms with Crippen LogP contribution in [-0.4, -0.2) is 25.9 Å². The third-order valence-corrected chi connectivity index (χ3v) is 4.03. The average Bonchev–Trinajstić information content (AvgIpc) is 2.47. The van der Waals surface area contributed by atoms with Gasteiger partial charge in [0.25, 0.3) is 0 Å². The molecule has 0 aliphatic heterocycles. The molecule has 21 heavy (non-hydrogen) atoms. The Morgan fingerprint density at radius 2 is 1.57 bits per heavy atom. The van der Waals surface area contributed by atoms with Crippen molar-refractivity contribution in [2.24, 2.45) is 0 Å². The molecular weight excluding hydrogens is 260 g/mol. The molecule has 0 aliphatic carbocycles. The van der Waals surface area contributed by atoms with Gasteiger partial charge in [-0.25, -0.2) is 0 Å². The van der Waals surface area contributed by atoms with Gasteiger partial charge in [-0.2, -0.15) is 0 Å². The highest BCUT2D eigenvalue weighted by Gasteiger charge is 2.15. The number of methoxy groups -OCH3 is 1. The van der Waals surface area contributed by atoms with E-state index >= 15 is 0 Å². The molecule has 0 saturated carbocycles. The molecule has 120 valence electrons. The van der Waals surface area contributed by atoms with E-state index in [1.54, 1.807) is 7.11 Å². The number of hydrogen-bond acceptors (Lipinski definition) is 2. The van der Waals surface area contributed by atoms with Gasteiger partial charge >= 0.3 is 0 Å². The van der Waals surface area contributed by atoms with Crippen molar-refractivity contribution < 1.29 is 9.47 Å². The van der Waals surface area contributed by atoms with Gasteiger partial charge in [-0.3, -0.25) is 0 Å². The second-order valence-electron chi connectivity index (χ2n) is 6.48. The Bertz CT molecular complexity index is 368. The van der Waals surface area contributed by atoms with Crippen molar-refractivity contribution >= 4 is 0 Å². The zero-order valence-corrected chi connectivity index (χ0v) is 14.3. The molecule has 0 bridgehead atoms. The number of ether oxygens (including phenoxy) is 2. The van der Waals surface area contributed by atoms with Crippen LogP contribution in [0.5, 0.6) is 0 Å². The predicted molar refractivity (Wildman–Crippen MR) is 89.9 cm³/mol. The van der Waals surface area contributed by atoms with Crippen LogP contribution in [0.3, 0.4) is 0 Å². The molecular formula is C19H32O2. The Morgan fingerprint density at radius 3 is 2.24 bits per heavy atom. The second kappa shape index (κ2) is 9.97. The molecule has 0 amide bonds. The first-order valence-electron chi connectivity index (χ1n) is 8.22. The van der Waals surface area contributed by atoms with Gasteiger partial charge in [0.2, 0.25) is 0 Å². The summed E-state index contributed by atoms with van der Waals surface area (Å²) in [6.45, 7) is 8.01. The van der Waals surface area contributed by atoms with Crippen LogP contribution in [0.25, 0.3) is 0 Å². The topological polar surface area (TPSA) is 18.5 Å². The van der Waals surface area contributed by atoms with Crippen LogP contribution in [0.2, 0.25) is 0 Å². The molecule has 0 N–H and O–H groups in total. The molecule has 2 heteroatoms. The Hall–Kier alpha value is -0.860. The number of benzene rings is 1. The highest BCUT2D eigenvalue weighted by Crippen LogP contribution is 2.13. The third kappa shape index (κ3) is 8.90. The maximum atomic E-state index is 5.67. The van der Waals surface area contributed by atoms with Crippen LogP contribution in [0.1, 0.15) is 57.1 Å². The molecule has 2 nitrogen and oxygen atoms in total. The van der Waals surface area contributed by atoms with Gasteiger partial charge in [-0.05, 0) is 52.0 Å². The van der Waals surface area contributed by atoms with Gasteiger partial charge in [0, 0.05) is 20.3 Å². The molecule has 0 unspecified atom stereocenters. The van der Waals surface area contributed by atoms with Crippen molar-refractivity contribution in [2.45, 2.75) is 64.9 Å². The highest BCUT2D eigenvalue weighted by atomic mass is 16.5. The minimum Gasteiger partial charge on any atom is -0.381 e. The SMILES string of the molecule is COC(C)(C)CCOCCCCCCc1ccc(C)cc1. The minimum absolute atomic E-state index is 0.0615. The second-order valence-corrected chi connectivity index (χ2v) is 6.48. The van der Waals surface area contributed by atoms with E-state index in [0.29, 0.717) is 0 Å². The van der Waals surface area contributed by atoms with E-state index in [1.165, 1.54) is 43.2 Å². The van der Waals surface area contributed by atoms with E-state index in [-0.39, 0.29) is 5.60 Å². The fourth-order valence-corrected chi connectivity index (χ4v) is 2.16. The normalized spacial score (nSPS) is 11.8. The Morgan fingerprint density at radius 1 is 0.905 bits per heavy atom. The summed E-state index contributed by atoms with van der Waals surface area (Å²) in [6, 6.07) is 8.89. The van der Waals surface area contributed by atoms with Crippen molar-refractivity contribution in [3.05, 3.63) is 35.4 Å². The monoisotopic (exact) mass is 292 g/mol. The number of rotatable bonds is 11. The summed E-state index contributed by atoms with van der Waals surface area (Å²) in [7, 11) is 1.76. The number of unbranched alkanes of at least 4 members (excludes halogenated alkanes) is 3. The van der Waals surface area contributed by atoms with Crippen LogP contribution in [0, 0.1) is 6.92 Å². The fraction of sp³-hybridized carbons (Fsp3) is 0.684. The molecule has 0 atom stereocenters. The van der Waals surface area contributed by atoms with Crippen molar-refractivity contribution in [3.63, 3.8) is 0 Å². The Labute approximate surface area is 130 Å². The summed E-state index contributed by atoms with van der Waals surface area (Å²) in [4.78, 5) is 0. The van der Waals surface area contributed by atoms with E-state index in [2.05, 4.69) is 45.0 Å². The summed E-state index contributed by atoms with van der Waals surface area (Å²) in [5.41, 5.74) is 2.74. The quantitative estimate of drug-likeness (QED) is 0.538. The molecule has 0 spiro atoms. The lowest BCUT2D eigenvalue weighted by Crippen LogP contribution is -2.24. The van der Waals surface area contributed by atoms with Crippen molar-refractivity contribution in [1.82, 2.24) is 0 Å². The molecule has 0 fully saturated rings. The van der Waals surface area contributed by atoms with Crippen LogP contribution in [0.4, 0.5) is 0 Å². The maximum absolute atomic E-state index is 5.67. The largest absolute Gasteiger partial charge is 0.381 e. The lowest BCUT2D eigenvalue weighted by molar-refractivity contribution is -0.0101. The Kier molecular flexibility index (Phi) is 8.63. The minimum atomic E-state index is -0.0615. The van der Waals surface area contributed by atoms with Gasteiger partial charge in [-0.1, -0.05) is 42.7 Å². The third-order valence-electron chi connectivity index (χ3n) is 4.03. The molecule has 0 radical (unpaired) electrons.